The summed E-state index contributed by atoms with van der Waals surface area (Å²) in [7, 11) is -3.55. The van der Waals surface area contributed by atoms with Crippen LogP contribution in [0.2, 0.25) is 0 Å². The van der Waals surface area contributed by atoms with Gasteiger partial charge in [-0.25, -0.2) is 26.0 Å². The van der Waals surface area contributed by atoms with Gasteiger partial charge in [0.15, 0.2) is 0 Å². The largest absolute Gasteiger partial charge is 0.486 e. The fraction of sp³-hybridized carbons (Fsp3) is 0.422. The maximum Gasteiger partial charge on any atom is 0.316 e. The number of rotatable bonds is 15. The number of alkyl halides is 2. The van der Waals surface area contributed by atoms with E-state index in [4.69, 9.17) is 9.47 Å². The van der Waals surface area contributed by atoms with E-state index in [1.807, 2.05) is 11.0 Å². The normalized spacial score (nSPS) is 20.6. The molecule has 0 unspecified atom stereocenters. The van der Waals surface area contributed by atoms with E-state index in [-0.39, 0.29) is 91.7 Å². The molecule has 1 N–H and O–H groups in total. The topological polar surface area (TPSA) is 144 Å². The van der Waals surface area contributed by atoms with Crippen LogP contribution in [0, 0.1) is 46.9 Å². The minimum atomic E-state index is -3.55. The van der Waals surface area contributed by atoms with Gasteiger partial charge in [0.25, 0.3) is 0 Å². The predicted octanol–water partition coefficient (Wildman–Crippen LogP) is 5.05. The average molecular weight is 943 g/mol. The third-order valence-electron chi connectivity index (χ3n) is 12.1. The summed E-state index contributed by atoms with van der Waals surface area (Å²) in [6.07, 6.45) is 4.23. The minimum absolute atomic E-state index is 0.0210. The number of halogens is 6. The van der Waals surface area contributed by atoms with Crippen molar-refractivity contribution in [2.75, 3.05) is 88.7 Å². The summed E-state index contributed by atoms with van der Waals surface area (Å²) in [5.74, 6) is -3.53. The van der Waals surface area contributed by atoms with E-state index >= 15 is 0 Å². The first-order valence-corrected chi connectivity index (χ1v) is 23.2. The van der Waals surface area contributed by atoms with E-state index in [0.717, 1.165) is 59.2 Å². The molecule has 66 heavy (non-hydrogen) atoms. The highest BCUT2D eigenvalue weighted by molar-refractivity contribution is 7.88. The molecule has 352 valence electrons. The van der Waals surface area contributed by atoms with Crippen molar-refractivity contribution < 1.29 is 44.2 Å². The number of sulfonamides is 1. The van der Waals surface area contributed by atoms with Crippen molar-refractivity contribution in [2.45, 2.75) is 18.6 Å². The Balaban J connectivity index is 0.000000188. The van der Waals surface area contributed by atoms with Crippen molar-refractivity contribution in [3.63, 3.8) is 0 Å². The summed E-state index contributed by atoms with van der Waals surface area (Å²) in [6.45, 7) is 3.27. The second kappa shape index (κ2) is 20.3. The summed E-state index contributed by atoms with van der Waals surface area (Å²) in [5.41, 5.74) is 0.139. The van der Waals surface area contributed by atoms with Crippen molar-refractivity contribution >= 4 is 21.4 Å². The Morgan fingerprint density at radius 2 is 1.05 bits per heavy atom. The first kappa shape index (κ1) is 46.6. The van der Waals surface area contributed by atoms with E-state index in [2.05, 4.69) is 15.5 Å². The maximum atomic E-state index is 13.8. The maximum absolute atomic E-state index is 13.8. The number of hydrogen-bond donors (Lipinski definition) is 1. The summed E-state index contributed by atoms with van der Waals surface area (Å²) in [5, 5.41) is 11.5. The Labute approximate surface area is 376 Å². The van der Waals surface area contributed by atoms with Crippen molar-refractivity contribution in [1.29, 1.82) is 0 Å². The molecule has 2 saturated carbocycles. The molecule has 9 rings (SSSR count). The molecule has 5 aromatic rings. The van der Waals surface area contributed by atoms with Crippen LogP contribution in [-0.2, 0) is 15.8 Å². The van der Waals surface area contributed by atoms with Crippen molar-refractivity contribution in [3.8, 4) is 22.9 Å². The first-order chi connectivity index (χ1) is 31.8. The summed E-state index contributed by atoms with van der Waals surface area (Å²) in [4.78, 5) is 30.2. The van der Waals surface area contributed by atoms with E-state index in [1.165, 1.54) is 16.7 Å². The van der Waals surface area contributed by atoms with Gasteiger partial charge in [-0.15, -0.1) is 0 Å². The quantitative estimate of drug-likeness (QED) is 0.141. The Bertz CT molecular complexity index is 2700. The number of nitrogens with zero attached hydrogens (tertiary/aromatic N) is 7. The van der Waals surface area contributed by atoms with Crippen molar-refractivity contribution in [3.05, 3.63) is 129 Å². The zero-order chi connectivity index (χ0) is 46.5. The summed E-state index contributed by atoms with van der Waals surface area (Å²) >= 11 is 0. The molecule has 4 atom stereocenters. The van der Waals surface area contributed by atoms with E-state index < -0.39 is 57.8 Å². The third-order valence-corrected chi connectivity index (χ3v) is 13.9. The number of ether oxygens (including phenoxy) is 2. The van der Waals surface area contributed by atoms with Gasteiger partial charge in [-0.05, 0) is 66.3 Å². The van der Waals surface area contributed by atoms with Crippen LogP contribution in [0.25, 0.3) is 11.4 Å². The number of nitrogens with one attached hydrogen (secondary N) is 1. The monoisotopic (exact) mass is 942 g/mol. The third kappa shape index (κ3) is 11.0. The van der Waals surface area contributed by atoms with Crippen LogP contribution in [0.5, 0.6) is 11.5 Å². The van der Waals surface area contributed by atoms with Gasteiger partial charge < -0.3 is 24.6 Å². The van der Waals surface area contributed by atoms with Crippen LogP contribution < -0.4 is 35.7 Å². The van der Waals surface area contributed by atoms with Crippen molar-refractivity contribution in [1.82, 2.24) is 29.2 Å². The number of piperazine rings is 2. The molecule has 0 radical (unpaired) electrons. The Kier molecular flexibility index (Phi) is 14.3. The predicted molar refractivity (Wildman–Crippen MR) is 234 cm³/mol. The van der Waals surface area contributed by atoms with Gasteiger partial charge in [0.1, 0.15) is 34.6 Å². The standard InChI is InChI=1S/C26H27F3N4O4S.C19H21F3N4O2/c27-14-19-10-20(19)16-37-25-24(15-30-33(26(25)34)23-12-21(28)11-22(29)13-23)31-6-8-32(9-7-31)38(35,36)17-18-4-2-1-3-5-18;20-9-12-5-13(12)11-28-18-17(25-3-1-23-2-4-25)10-24-26(19(18)27)16-7-14(21)6-15(22)8-16/h1-5,11-13,15,19-20H,6-10,14,16-17H2;6-8,10,12-13,23H,1-5,9,11H2/t19-,20-;12-,13-/m11/s1. The SMILES string of the molecule is O=c1c(OC[C@H]2C[C@@H]2CF)c(N2CCN(S(=O)(=O)Cc3ccccc3)CC2)cnn1-c1cc(F)cc(F)c1.O=c1c(OC[C@H]2C[C@@H]2CF)c(N2CCNCC2)cnn1-c1cc(F)cc(F)c1. The molecule has 3 aromatic carbocycles. The number of aromatic nitrogens is 4. The molecule has 0 amide bonds. The smallest absolute Gasteiger partial charge is 0.316 e. The summed E-state index contributed by atoms with van der Waals surface area (Å²) in [6, 6.07) is 14.4. The zero-order valence-corrected chi connectivity index (χ0v) is 36.5. The van der Waals surface area contributed by atoms with Crippen LogP contribution in [0.1, 0.15) is 18.4 Å². The molecule has 2 aliphatic carbocycles. The molecule has 2 aliphatic heterocycles. The number of benzene rings is 3. The highest BCUT2D eigenvalue weighted by atomic mass is 32.2. The Morgan fingerprint density at radius 3 is 1.47 bits per heavy atom. The van der Waals surface area contributed by atoms with Crippen LogP contribution in [-0.4, -0.2) is 111 Å². The van der Waals surface area contributed by atoms with Crippen molar-refractivity contribution in [2.24, 2.45) is 23.7 Å². The van der Waals surface area contributed by atoms with E-state index in [0.29, 0.717) is 42.5 Å². The molecule has 2 saturated heterocycles. The lowest BCUT2D eigenvalue weighted by atomic mass is 10.2. The number of anilines is 2. The molecule has 4 fully saturated rings. The number of hydrogen-bond acceptors (Lipinski definition) is 11. The van der Waals surface area contributed by atoms with Gasteiger partial charge in [-0.2, -0.15) is 23.9 Å². The highest BCUT2D eigenvalue weighted by Crippen LogP contribution is 2.40. The van der Waals surface area contributed by atoms with Crippen LogP contribution in [0.15, 0.2) is 88.7 Å². The zero-order valence-electron chi connectivity index (χ0n) is 35.7. The van der Waals surface area contributed by atoms with E-state index in [1.54, 1.807) is 29.2 Å². The van der Waals surface area contributed by atoms with Crippen LogP contribution in [0.3, 0.4) is 0 Å². The Hall–Kier alpha value is -5.93. The molecule has 21 heteroatoms. The average Bonchev–Trinajstić information content (AvgIpc) is 4.24. The molecular formula is C45H48F6N8O6S. The van der Waals surface area contributed by atoms with Gasteiger partial charge in [0.05, 0.1) is 56.1 Å². The van der Waals surface area contributed by atoms with Crippen LogP contribution in [0.4, 0.5) is 37.7 Å². The lowest BCUT2D eigenvalue weighted by Gasteiger charge is -2.35. The first-order valence-electron chi connectivity index (χ1n) is 21.6. The second-order valence-electron chi connectivity index (χ2n) is 16.7. The highest BCUT2D eigenvalue weighted by Gasteiger charge is 2.39. The fourth-order valence-electron chi connectivity index (χ4n) is 8.05. The molecule has 0 spiro atoms. The molecule has 4 aliphatic rings. The molecule has 14 nitrogen and oxygen atoms in total. The van der Waals surface area contributed by atoms with Gasteiger partial charge in [0.2, 0.25) is 21.5 Å². The Morgan fingerprint density at radius 1 is 0.606 bits per heavy atom. The van der Waals surface area contributed by atoms with Crippen LogP contribution >= 0.6 is 0 Å². The molecule has 4 heterocycles. The van der Waals surface area contributed by atoms with Gasteiger partial charge in [0, 0.05) is 64.5 Å². The summed E-state index contributed by atoms with van der Waals surface area (Å²) < 4.78 is 121. The lowest BCUT2D eigenvalue weighted by molar-refractivity contribution is 0.278. The van der Waals surface area contributed by atoms with Gasteiger partial charge >= 0.3 is 11.1 Å². The lowest BCUT2D eigenvalue weighted by Crippen LogP contribution is -2.49. The fourth-order valence-corrected chi connectivity index (χ4v) is 9.56. The van der Waals surface area contributed by atoms with Gasteiger partial charge in [-0.1, -0.05) is 30.3 Å². The van der Waals surface area contributed by atoms with E-state index in [9.17, 15) is 44.3 Å². The van der Waals surface area contributed by atoms with Gasteiger partial charge in [-0.3, -0.25) is 18.4 Å². The second-order valence-corrected chi connectivity index (χ2v) is 18.7. The minimum Gasteiger partial charge on any atom is -0.486 e. The molecular weight excluding hydrogens is 895 g/mol. The molecule has 2 aromatic heterocycles. The molecule has 0 bridgehead atoms.